The van der Waals surface area contributed by atoms with Crippen molar-refractivity contribution >= 4 is 0 Å². The number of nitrogens with zero attached hydrogens (tertiary/aromatic N) is 1. The van der Waals surface area contributed by atoms with Gasteiger partial charge in [-0.2, -0.15) is 0 Å². The quantitative estimate of drug-likeness (QED) is 0.548. The molecule has 0 aliphatic heterocycles. The van der Waals surface area contributed by atoms with Gasteiger partial charge in [0.15, 0.2) is 0 Å². The Labute approximate surface area is 143 Å². The van der Waals surface area contributed by atoms with Crippen LogP contribution in [0.2, 0.25) is 0 Å². The van der Waals surface area contributed by atoms with E-state index in [9.17, 15) is 5.11 Å². The van der Waals surface area contributed by atoms with E-state index in [1.54, 1.807) is 4.90 Å². The molecule has 2 nitrogen and oxygen atoms in total. The molecule has 0 aliphatic carbocycles. The normalized spacial score (nSPS) is 9.00. The molecule has 2 aromatic rings. The topological polar surface area (TPSA) is 23.1 Å². The van der Waals surface area contributed by atoms with Crippen LogP contribution in [0.15, 0.2) is 73.1 Å². The smallest absolute Gasteiger partial charge is 0.239 e. The molecule has 0 amide bonds. The van der Waals surface area contributed by atoms with Crippen LogP contribution in [-0.2, 0) is 37.7 Å². The Kier molecular flexibility index (Phi) is 9.19. The Morgan fingerprint density at radius 3 is 1.50 bits per heavy atom. The van der Waals surface area contributed by atoms with Crippen LogP contribution in [0.25, 0.3) is 0 Å². The molecule has 1 radical (unpaired) electrons. The average Bonchev–Trinajstić information content (AvgIpc) is 2.40. The summed E-state index contributed by atoms with van der Waals surface area (Å²) in [5.41, 5.74) is 2.23. The van der Waals surface area contributed by atoms with E-state index in [0.29, 0.717) is 13.1 Å². The van der Waals surface area contributed by atoms with E-state index in [1.807, 2.05) is 60.7 Å². The first-order valence-corrected chi connectivity index (χ1v) is 5.94. The molecule has 20 heavy (non-hydrogen) atoms. The summed E-state index contributed by atoms with van der Waals surface area (Å²) in [6.45, 7) is 4.71. The third kappa shape index (κ3) is 5.89. The van der Waals surface area contributed by atoms with Gasteiger partial charge in [0, 0.05) is 32.6 Å². The zero-order chi connectivity index (χ0) is 12.8. The van der Waals surface area contributed by atoms with Gasteiger partial charge in [0.2, 0.25) is 5.88 Å². The maximum Gasteiger partial charge on any atom is 0.239 e. The molecule has 0 aromatic heterocycles. The maximum atomic E-state index is 11.6. The second kappa shape index (κ2) is 9.73. The number of halogens is 1. The van der Waals surface area contributed by atoms with Crippen molar-refractivity contribution in [2.45, 2.75) is 13.1 Å². The van der Waals surface area contributed by atoms with E-state index in [4.69, 9.17) is 0 Å². The fourth-order valence-corrected chi connectivity index (χ4v) is 1.84. The minimum Gasteiger partial charge on any atom is -1.00 e. The molecule has 0 heterocycles. The molecule has 0 unspecified atom stereocenters. The van der Waals surface area contributed by atoms with Crippen molar-refractivity contribution in [3.8, 4) is 0 Å². The van der Waals surface area contributed by atoms with Crippen molar-refractivity contribution in [1.82, 2.24) is 4.90 Å². The molecule has 4 heteroatoms. The van der Waals surface area contributed by atoms with Gasteiger partial charge in [-0.05, 0) is 17.7 Å². The minimum atomic E-state index is -0.150. The van der Waals surface area contributed by atoms with Gasteiger partial charge >= 0.3 is 0 Å². The van der Waals surface area contributed by atoms with Crippen molar-refractivity contribution in [2.24, 2.45) is 0 Å². The average molecular weight is 384 g/mol. The van der Waals surface area contributed by atoms with Crippen molar-refractivity contribution in [3.63, 3.8) is 0 Å². The van der Waals surface area contributed by atoms with Crippen molar-refractivity contribution in [1.29, 1.82) is 0 Å². The van der Waals surface area contributed by atoms with Gasteiger partial charge in [0.1, 0.15) is 0 Å². The Morgan fingerprint density at radius 2 is 1.20 bits per heavy atom. The number of rotatable bonds is 5. The van der Waals surface area contributed by atoms with Gasteiger partial charge in [0.25, 0.3) is 0 Å². The van der Waals surface area contributed by atoms with E-state index < -0.39 is 0 Å². The predicted molar refractivity (Wildman–Crippen MR) is 72.0 cm³/mol. The predicted octanol–water partition coefficient (Wildman–Crippen LogP) is 0.592. The van der Waals surface area contributed by atoms with Gasteiger partial charge in [-0.1, -0.05) is 60.7 Å². The second-order valence-corrected chi connectivity index (χ2v) is 4.22. The first-order chi connectivity index (χ1) is 8.75. The fourth-order valence-electron chi connectivity index (χ4n) is 1.84. The van der Waals surface area contributed by atoms with Crippen molar-refractivity contribution < 1.29 is 41.6 Å². The van der Waals surface area contributed by atoms with E-state index >= 15 is 0 Å². The summed E-state index contributed by atoms with van der Waals surface area (Å²) in [5, 5.41) is 11.6. The zero-order valence-electron chi connectivity index (χ0n) is 11.3. The van der Waals surface area contributed by atoms with Crippen LogP contribution in [0.4, 0.5) is 0 Å². The SMILES string of the molecule is C=C([O])N(Cc1ccccc1)Cc1ccccc1.[Br-].[Zn]. The van der Waals surface area contributed by atoms with Gasteiger partial charge in [-0.15, -0.1) is 0 Å². The Hall–Kier alpha value is -1.12. The second-order valence-electron chi connectivity index (χ2n) is 4.22. The van der Waals surface area contributed by atoms with Crippen molar-refractivity contribution in [3.05, 3.63) is 84.3 Å². The maximum absolute atomic E-state index is 11.6. The molecule has 0 spiro atoms. The monoisotopic (exact) mass is 381 g/mol. The molecule has 0 fully saturated rings. The summed E-state index contributed by atoms with van der Waals surface area (Å²) in [6.07, 6.45) is 0. The third-order valence-corrected chi connectivity index (χ3v) is 2.79. The van der Waals surface area contributed by atoms with Gasteiger partial charge in [0.05, 0.1) is 0 Å². The Bertz CT molecular complexity index is 463. The Morgan fingerprint density at radius 1 is 0.850 bits per heavy atom. The molecule has 0 saturated carbocycles. The number of hydrogen-bond acceptors (Lipinski definition) is 1. The minimum absolute atomic E-state index is 0. The summed E-state index contributed by atoms with van der Waals surface area (Å²) < 4.78 is 0. The molecular formula is C16H16BrNOZn-. The van der Waals surface area contributed by atoms with Crippen LogP contribution in [-0.4, -0.2) is 4.90 Å². The van der Waals surface area contributed by atoms with Gasteiger partial charge in [-0.25, -0.2) is 0 Å². The molecule has 101 valence electrons. The molecule has 0 saturated heterocycles. The number of benzene rings is 2. The van der Waals surface area contributed by atoms with Gasteiger partial charge in [-0.3, -0.25) is 5.11 Å². The number of hydrogen-bond donors (Lipinski definition) is 0. The first kappa shape index (κ1) is 18.9. The summed E-state index contributed by atoms with van der Waals surface area (Å²) in [6, 6.07) is 19.9. The van der Waals surface area contributed by atoms with Crippen molar-refractivity contribution in [2.75, 3.05) is 0 Å². The zero-order valence-corrected chi connectivity index (χ0v) is 15.9. The summed E-state index contributed by atoms with van der Waals surface area (Å²) >= 11 is 0. The standard InChI is InChI=1S/C16H16NO.BrH.Zn/c1-14(18)17(12-15-8-4-2-5-9-15)13-16-10-6-3-7-11-16;;/h2-11H,1,12-13H2;1H;/p-1. The van der Waals surface area contributed by atoms with Crippen LogP contribution in [0.3, 0.4) is 0 Å². The molecule has 0 bridgehead atoms. The van der Waals surface area contributed by atoms with Crippen LogP contribution in [0.5, 0.6) is 0 Å². The molecule has 0 atom stereocenters. The van der Waals surface area contributed by atoms with Crippen LogP contribution < -0.4 is 17.0 Å². The van der Waals surface area contributed by atoms with E-state index in [1.165, 1.54) is 0 Å². The first-order valence-electron chi connectivity index (χ1n) is 5.94. The molecular weight excluding hydrogens is 367 g/mol. The fraction of sp³-hybridized carbons (Fsp3) is 0.125. The third-order valence-electron chi connectivity index (χ3n) is 2.79. The van der Waals surface area contributed by atoms with E-state index in [2.05, 4.69) is 6.58 Å². The van der Waals surface area contributed by atoms with E-state index in [0.717, 1.165) is 11.1 Å². The Balaban J connectivity index is 0.00000180. The molecule has 2 rings (SSSR count). The van der Waals surface area contributed by atoms with Gasteiger partial charge < -0.3 is 21.9 Å². The van der Waals surface area contributed by atoms with Crippen LogP contribution >= 0.6 is 0 Å². The molecule has 0 N–H and O–H groups in total. The summed E-state index contributed by atoms with van der Waals surface area (Å²) in [4.78, 5) is 1.74. The summed E-state index contributed by atoms with van der Waals surface area (Å²) in [5.74, 6) is -0.150. The molecule has 0 aliphatic rings. The van der Waals surface area contributed by atoms with Crippen LogP contribution in [0, 0.1) is 0 Å². The largest absolute Gasteiger partial charge is 1.00 e. The summed E-state index contributed by atoms with van der Waals surface area (Å²) in [7, 11) is 0. The van der Waals surface area contributed by atoms with E-state index in [-0.39, 0.29) is 42.3 Å². The molecule has 2 aromatic carbocycles. The van der Waals surface area contributed by atoms with Crippen LogP contribution in [0.1, 0.15) is 11.1 Å².